The van der Waals surface area contributed by atoms with Crippen LogP contribution in [0.2, 0.25) is 0 Å². The van der Waals surface area contributed by atoms with Crippen LogP contribution in [0.3, 0.4) is 0 Å². The Morgan fingerprint density at radius 1 is 0.451 bits per heavy atom. The van der Waals surface area contributed by atoms with E-state index in [-0.39, 0.29) is 10.8 Å². The second-order valence-electron chi connectivity index (χ2n) is 15.2. The lowest BCUT2D eigenvalue weighted by atomic mass is 9.87. The average Bonchev–Trinajstić information content (AvgIpc) is 3.10. The molecule has 260 valence electrons. The minimum Gasteiger partial charge on any atom is -0.218 e. The highest BCUT2D eigenvalue weighted by Gasteiger charge is 2.25. The molecule has 0 atom stereocenters. The third-order valence-electron chi connectivity index (χ3n) is 9.25. The lowest BCUT2D eigenvalue weighted by molar-refractivity contribution is 0.588. The van der Waals surface area contributed by atoms with Crippen LogP contribution < -0.4 is 0 Å². The van der Waals surface area contributed by atoms with Crippen LogP contribution in [0.4, 0.5) is 0 Å². The molecule has 0 saturated heterocycles. The number of aryl methyl sites for hydroxylation is 2. The number of hydrogen-bond acceptors (Lipinski definition) is 4. The highest BCUT2D eigenvalue weighted by atomic mass is 32.2. The molecule has 2 nitrogen and oxygen atoms in total. The SMILES string of the molecule is Cc1ccc(C(C)(C)C)cc1Sc1ccc(-c2ccccc2S(=O)(=O)c2ccccc2-c2ccc(Sc3cc(C(C)(C)C)ccc3C)cc2)cc1. The summed E-state index contributed by atoms with van der Waals surface area (Å²) in [5.74, 6) is 0. The van der Waals surface area contributed by atoms with Crippen LogP contribution in [0.1, 0.15) is 63.8 Å². The van der Waals surface area contributed by atoms with Gasteiger partial charge in [-0.1, -0.05) is 150 Å². The van der Waals surface area contributed by atoms with Crippen molar-refractivity contribution in [3.63, 3.8) is 0 Å². The molecule has 0 aliphatic carbocycles. The predicted octanol–water partition coefficient (Wildman–Crippen LogP) is 13.4. The van der Waals surface area contributed by atoms with Crippen LogP contribution in [-0.2, 0) is 20.7 Å². The van der Waals surface area contributed by atoms with Gasteiger partial charge in [0.2, 0.25) is 9.84 Å². The molecule has 6 rings (SSSR count). The van der Waals surface area contributed by atoms with Crippen LogP contribution in [0, 0.1) is 13.8 Å². The zero-order valence-corrected chi connectivity index (χ0v) is 33.2. The van der Waals surface area contributed by atoms with Gasteiger partial charge in [0, 0.05) is 30.7 Å². The highest BCUT2D eigenvalue weighted by Crippen LogP contribution is 2.40. The monoisotopic (exact) mass is 726 g/mol. The van der Waals surface area contributed by atoms with Crippen LogP contribution in [0.25, 0.3) is 22.3 Å². The number of rotatable bonds is 8. The minimum absolute atomic E-state index is 0.0710. The summed E-state index contributed by atoms with van der Waals surface area (Å²) in [6.45, 7) is 17.7. The van der Waals surface area contributed by atoms with Crippen molar-refractivity contribution in [1.29, 1.82) is 0 Å². The van der Waals surface area contributed by atoms with E-state index in [0.29, 0.717) is 20.9 Å². The fourth-order valence-electron chi connectivity index (χ4n) is 6.01. The lowest BCUT2D eigenvalue weighted by Crippen LogP contribution is -2.11. The Bertz CT molecular complexity index is 2130. The van der Waals surface area contributed by atoms with Gasteiger partial charge in [-0.3, -0.25) is 0 Å². The van der Waals surface area contributed by atoms with Crippen molar-refractivity contribution in [3.05, 3.63) is 156 Å². The third kappa shape index (κ3) is 8.22. The topological polar surface area (TPSA) is 34.1 Å². The molecule has 51 heavy (non-hydrogen) atoms. The molecule has 5 heteroatoms. The van der Waals surface area contributed by atoms with Crippen molar-refractivity contribution >= 4 is 33.4 Å². The summed E-state index contributed by atoms with van der Waals surface area (Å²) in [6.07, 6.45) is 0. The molecule has 0 fully saturated rings. The Morgan fingerprint density at radius 2 is 0.804 bits per heavy atom. The average molecular weight is 727 g/mol. The van der Waals surface area contributed by atoms with Gasteiger partial charge in [0.25, 0.3) is 0 Å². The predicted molar refractivity (Wildman–Crippen MR) is 217 cm³/mol. The normalized spacial score (nSPS) is 12.2. The van der Waals surface area contributed by atoms with Gasteiger partial charge in [-0.05, 0) is 107 Å². The van der Waals surface area contributed by atoms with Gasteiger partial charge >= 0.3 is 0 Å². The van der Waals surface area contributed by atoms with Gasteiger partial charge in [-0.25, -0.2) is 8.42 Å². The quantitative estimate of drug-likeness (QED) is 0.156. The Morgan fingerprint density at radius 3 is 1.16 bits per heavy atom. The Balaban J connectivity index is 1.28. The van der Waals surface area contributed by atoms with Gasteiger partial charge in [0.05, 0.1) is 9.79 Å². The number of benzene rings is 6. The molecule has 0 spiro atoms. The second kappa shape index (κ2) is 14.5. The van der Waals surface area contributed by atoms with Gasteiger partial charge in [0.15, 0.2) is 0 Å². The summed E-state index contributed by atoms with van der Waals surface area (Å²) in [4.78, 5) is 5.27. The molecule has 0 radical (unpaired) electrons. The zero-order chi connectivity index (χ0) is 36.6. The van der Waals surface area contributed by atoms with E-state index in [4.69, 9.17) is 0 Å². The Hall–Kier alpha value is -4.03. The summed E-state index contributed by atoms with van der Waals surface area (Å²) in [5.41, 5.74) is 8.33. The molecule has 0 aliphatic rings. The second-order valence-corrected chi connectivity index (χ2v) is 19.3. The van der Waals surface area contributed by atoms with Crippen LogP contribution in [0.15, 0.2) is 163 Å². The van der Waals surface area contributed by atoms with Crippen molar-refractivity contribution in [2.24, 2.45) is 0 Å². The van der Waals surface area contributed by atoms with Crippen LogP contribution >= 0.6 is 23.5 Å². The van der Waals surface area contributed by atoms with E-state index < -0.39 is 9.84 Å². The van der Waals surface area contributed by atoms with Crippen molar-refractivity contribution in [2.75, 3.05) is 0 Å². The van der Waals surface area contributed by atoms with Crippen LogP contribution in [0.5, 0.6) is 0 Å². The first-order valence-corrected chi connectivity index (χ1v) is 20.4. The maximum Gasteiger partial charge on any atom is 0.207 e. The van der Waals surface area contributed by atoms with E-state index in [1.54, 1.807) is 47.8 Å². The minimum atomic E-state index is -3.87. The fourth-order valence-corrected chi connectivity index (χ4v) is 9.59. The van der Waals surface area contributed by atoms with E-state index in [9.17, 15) is 8.42 Å². The first-order chi connectivity index (χ1) is 24.1. The van der Waals surface area contributed by atoms with Crippen molar-refractivity contribution in [3.8, 4) is 22.3 Å². The van der Waals surface area contributed by atoms with E-state index >= 15 is 0 Å². The van der Waals surface area contributed by atoms with E-state index in [1.165, 1.54) is 32.0 Å². The molecule has 0 heterocycles. The van der Waals surface area contributed by atoms with E-state index in [1.807, 2.05) is 48.5 Å². The lowest BCUT2D eigenvalue weighted by Gasteiger charge is -2.20. The zero-order valence-electron chi connectivity index (χ0n) is 30.7. The van der Waals surface area contributed by atoms with E-state index in [0.717, 1.165) is 20.9 Å². The molecule has 0 bridgehead atoms. The molecule has 6 aromatic rings. The maximum absolute atomic E-state index is 14.5. The van der Waals surface area contributed by atoms with E-state index in [2.05, 4.69) is 116 Å². The summed E-state index contributed by atoms with van der Waals surface area (Å²) in [6, 6.07) is 44.5. The summed E-state index contributed by atoms with van der Waals surface area (Å²) in [5, 5.41) is 0. The fraction of sp³-hybridized carbons (Fsp3) is 0.217. The standard InChI is InChI=1S/C46H46O2S3/c1-31-17-23-35(45(3,4)5)29-41(31)49-37-25-19-33(20-26-37)39-13-9-11-15-43(39)51(47,48)44-16-12-10-14-40(44)34-21-27-38(28-22-34)50-42-30-36(46(6,7)8)24-18-32(42)2/h9-30H,1-8H3. The number of sulfone groups is 1. The van der Waals surface area contributed by atoms with Gasteiger partial charge in [0.1, 0.15) is 0 Å². The molecule has 0 aromatic heterocycles. The first-order valence-electron chi connectivity index (χ1n) is 17.3. The van der Waals surface area contributed by atoms with Crippen molar-refractivity contribution < 1.29 is 8.42 Å². The number of hydrogen-bond donors (Lipinski definition) is 0. The third-order valence-corrected chi connectivity index (χ3v) is 13.5. The largest absolute Gasteiger partial charge is 0.218 e. The Labute approximate surface area is 313 Å². The molecule has 0 amide bonds. The van der Waals surface area contributed by atoms with Gasteiger partial charge in [-0.15, -0.1) is 0 Å². The molecule has 0 unspecified atom stereocenters. The molecular formula is C46H46O2S3. The smallest absolute Gasteiger partial charge is 0.207 e. The first kappa shape index (κ1) is 36.8. The van der Waals surface area contributed by atoms with Crippen molar-refractivity contribution in [2.45, 2.75) is 95.6 Å². The summed E-state index contributed by atoms with van der Waals surface area (Å²) >= 11 is 3.48. The highest BCUT2D eigenvalue weighted by molar-refractivity contribution is 7.99. The summed E-state index contributed by atoms with van der Waals surface area (Å²) in [7, 11) is -3.87. The van der Waals surface area contributed by atoms with Crippen molar-refractivity contribution in [1.82, 2.24) is 0 Å². The van der Waals surface area contributed by atoms with Gasteiger partial charge in [-0.2, -0.15) is 0 Å². The molecule has 0 aliphatic heterocycles. The molecular weight excluding hydrogens is 681 g/mol. The molecule has 0 saturated carbocycles. The maximum atomic E-state index is 14.5. The van der Waals surface area contributed by atoms with Gasteiger partial charge < -0.3 is 0 Å². The van der Waals surface area contributed by atoms with Crippen LogP contribution in [-0.4, -0.2) is 8.42 Å². The summed E-state index contributed by atoms with van der Waals surface area (Å²) < 4.78 is 29.1. The molecule has 6 aromatic carbocycles. The Kier molecular flexibility index (Phi) is 10.5. The molecule has 0 N–H and O–H groups in total.